The minimum Gasteiger partial charge on any atom is -0.507 e. The van der Waals surface area contributed by atoms with Gasteiger partial charge in [0.05, 0.1) is 5.69 Å². The summed E-state index contributed by atoms with van der Waals surface area (Å²) in [5.74, 6) is -1.04. The van der Waals surface area contributed by atoms with Crippen molar-refractivity contribution < 1.29 is 19.1 Å². The van der Waals surface area contributed by atoms with Crippen LogP contribution in [0.25, 0.3) is 22.2 Å². The maximum Gasteiger partial charge on any atom is 0.293 e. The Bertz CT molecular complexity index is 1590. The third kappa shape index (κ3) is 4.54. The van der Waals surface area contributed by atoms with Crippen molar-refractivity contribution in [1.82, 2.24) is 10.2 Å². The summed E-state index contributed by atoms with van der Waals surface area (Å²) in [6.07, 6.45) is 0.791. The van der Waals surface area contributed by atoms with Gasteiger partial charge < -0.3 is 20.2 Å². The number of furan rings is 1. The number of rotatable bonds is 6. The summed E-state index contributed by atoms with van der Waals surface area (Å²) < 4.78 is 5.80. The van der Waals surface area contributed by atoms with Crippen molar-refractivity contribution in [3.05, 3.63) is 94.8 Å². The summed E-state index contributed by atoms with van der Waals surface area (Å²) >= 11 is 5.92. The van der Waals surface area contributed by atoms with E-state index in [2.05, 4.69) is 20.8 Å². The number of carbonyl (C=O) groups is 2. The van der Waals surface area contributed by atoms with Gasteiger partial charge in [-0.1, -0.05) is 36.7 Å². The summed E-state index contributed by atoms with van der Waals surface area (Å²) in [6, 6.07) is 20.5. The normalized spacial score (nSPS) is 10.9. The summed E-state index contributed by atoms with van der Waals surface area (Å²) in [5, 5.41) is 23.8. The first kappa shape index (κ1) is 23.2. The molecule has 0 aliphatic carbocycles. The Balaban J connectivity index is 1.45. The largest absolute Gasteiger partial charge is 0.507 e. The second kappa shape index (κ2) is 9.59. The number of phenols is 1. The number of para-hydroxylation sites is 1. The second-order valence-corrected chi connectivity index (χ2v) is 8.53. The molecule has 0 saturated carbocycles. The van der Waals surface area contributed by atoms with Gasteiger partial charge in [0.25, 0.3) is 11.8 Å². The van der Waals surface area contributed by atoms with E-state index in [1.807, 2.05) is 19.1 Å². The number of anilines is 2. The molecule has 5 rings (SSSR count). The van der Waals surface area contributed by atoms with E-state index in [9.17, 15) is 14.7 Å². The second-order valence-electron chi connectivity index (χ2n) is 8.09. The molecule has 5 aromatic rings. The molecule has 8 nitrogen and oxygen atoms in total. The molecule has 0 bridgehead atoms. The average Bonchev–Trinajstić information content (AvgIpc) is 3.52. The average molecular weight is 501 g/mol. The number of benzene rings is 3. The highest BCUT2D eigenvalue weighted by molar-refractivity contribution is 6.30. The number of halogens is 1. The Morgan fingerprint density at radius 2 is 1.78 bits per heavy atom. The molecule has 0 aliphatic rings. The van der Waals surface area contributed by atoms with Crippen molar-refractivity contribution in [2.45, 2.75) is 13.3 Å². The molecule has 2 amide bonds. The van der Waals surface area contributed by atoms with Crippen LogP contribution in [-0.4, -0.2) is 27.1 Å². The number of nitrogens with zero attached hydrogens (tertiary/aromatic N) is 1. The molecule has 3 aromatic carbocycles. The first-order valence-corrected chi connectivity index (χ1v) is 11.6. The molecule has 0 unspecified atom stereocenters. The molecule has 0 radical (unpaired) electrons. The van der Waals surface area contributed by atoms with E-state index in [4.69, 9.17) is 16.0 Å². The van der Waals surface area contributed by atoms with E-state index in [1.165, 1.54) is 0 Å². The Labute approximate surface area is 210 Å². The van der Waals surface area contributed by atoms with E-state index < -0.39 is 11.8 Å². The number of carbonyl (C=O) groups excluding carboxylic acids is 2. The van der Waals surface area contributed by atoms with Crippen LogP contribution in [0, 0.1) is 0 Å². The molecule has 4 N–H and O–H groups in total. The molecule has 180 valence electrons. The Hall–Kier alpha value is -4.56. The third-order valence-corrected chi connectivity index (χ3v) is 5.96. The van der Waals surface area contributed by atoms with Crippen LogP contribution in [0.15, 0.2) is 77.2 Å². The lowest BCUT2D eigenvalue weighted by Crippen LogP contribution is -2.17. The quantitative estimate of drug-likeness (QED) is 0.219. The Kier molecular flexibility index (Phi) is 6.18. The van der Waals surface area contributed by atoms with Crippen molar-refractivity contribution in [2.75, 3.05) is 10.6 Å². The maximum absolute atomic E-state index is 13.1. The van der Waals surface area contributed by atoms with Crippen LogP contribution in [0.1, 0.15) is 33.5 Å². The topological polar surface area (TPSA) is 120 Å². The molecule has 0 fully saturated rings. The highest BCUT2D eigenvalue weighted by Gasteiger charge is 2.24. The van der Waals surface area contributed by atoms with Crippen molar-refractivity contribution >= 4 is 45.8 Å². The van der Waals surface area contributed by atoms with E-state index >= 15 is 0 Å². The molecule has 0 atom stereocenters. The van der Waals surface area contributed by atoms with Gasteiger partial charge in [-0.3, -0.25) is 14.7 Å². The lowest BCUT2D eigenvalue weighted by atomic mass is 10.1. The smallest absolute Gasteiger partial charge is 0.293 e. The van der Waals surface area contributed by atoms with Crippen LogP contribution in [-0.2, 0) is 6.42 Å². The summed E-state index contributed by atoms with van der Waals surface area (Å²) in [5.41, 5.74) is 3.31. The van der Waals surface area contributed by atoms with Crippen LogP contribution >= 0.6 is 11.6 Å². The van der Waals surface area contributed by atoms with Gasteiger partial charge in [-0.15, -0.1) is 0 Å². The van der Waals surface area contributed by atoms with Crippen molar-refractivity contribution in [3.63, 3.8) is 0 Å². The molecule has 0 aliphatic heterocycles. The van der Waals surface area contributed by atoms with Crippen LogP contribution in [0.4, 0.5) is 11.4 Å². The molecule has 0 spiro atoms. The van der Waals surface area contributed by atoms with Gasteiger partial charge in [0, 0.05) is 21.7 Å². The van der Waals surface area contributed by atoms with Gasteiger partial charge in [-0.2, -0.15) is 5.10 Å². The van der Waals surface area contributed by atoms with Gasteiger partial charge in [0.15, 0.2) is 0 Å². The number of amides is 2. The van der Waals surface area contributed by atoms with Crippen molar-refractivity contribution in [2.24, 2.45) is 0 Å². The predicted octanol–water partition coefficient (Wildman–Crippen LogP) is 6.25. The molecule has 2 heterocycles. The number of fused-ring (bicyclic) bond motifs is 1. The SMILES string of the molecule is CCc1ccc(O)c(-c2cc(C(=O)Nc3c(C(=O)Nc4ccc(Cl)cc4)oc4ccccc34)[nH]n2)c1. The van der Waals surface area contributed by atoms with E-state index in [1.54, 1.807) is 60.7 Å². The summed E-state index contributed by atoms with van der Waals surface area (Å²) in [6.45, 7) is 2.01. The zero-order valence-electron chi connectivity index (χ0n) is 19.1. The van der Waals surface area contributed by atoms with E-state index in [0.29, 0.717) is 32.9 Å². The van der Waals surface area contributed by atoms with Gasteiger partial charge >= 0.3 is 0 Å². The van der Waals surface area contributed by atoms with Crippen molar-refractivity contribution in [3.8, 4) is 17.0 Å². The van der Waals surface area contributed by atoms with Gasteiger partial charge in [-0.05, 0) is 66.6 Å². The zero-order chi connectivity index (χ0) is 25.2. The van der Waals surface area contributed by atoms with Gasteiger partial charge in [-0.25, -0.2) is 0 Å². The number of aromatic nitrogens is 2. The zero-order valence-corrected chi connectivity index (χ0v) is 19.9. The van der Waals surface area contributed by atoms with Crippen LogP contribution in [0.2, 0.25) is 5.02 Å². The predicted molar refractivity (Wildman–Crippen MR) is 139 cm³/mol. The number of aryl methyl sites for hydroxylation is 1. The molecule has 36 heavy (non-hydrogen) atoms. The summed E-state index contributed by atoms with van der Waals surface area (Å²) in [4.78, 5) is 26.2. The van der Waals surface area contributed by atoms with Crippen LogP contribution < -0.4 is 10.6 Å². The van der Waals surface area contributed by atoms with E-state index in [0.717, 1.165) is 12.0 Å². The number of aromatic amines is 1. The first-order chi connectivity index (χ1) is 17.4. The minimum absolute atomic E-state index is 0.0486. The van der Waals surface area contributed by atoms with Crippen molar-refractivity contribution in [1.29, 1.82) is 0 Å². The minimum atomic E-state index is -0.532. The van der Waals surface area contributed by atoms with Crippen LogP contribution in [0.5, 0.6) is 5.75 Å². The maximum atomic E-state index is 13.1. The Morgan fingerprint density at radius 3 is 2.56 bits per heavy atom. The third-order valence-electron chi connectivity index (χ3n) is 5.71. The highest BCUT2D eigenvalue weighted by Crippen LogP contribution is 2.33. The number of nitrogens with one attached hydrogen (secondary N) is 3. The number of phenolic OH excluding ortho intramolecular Hbond substituents is 1. The van der Waals surface area contributed by atoms with Crippen LogP contribution in [0.3, 0.4) is 0 Å². The molecular formula is C27H21ClN4O4. The molecule has 0 saturated heterocycles. The lowest BCUT2D eigenvalue weighted by Gasteiger charge is -2.07. The number of H-pyrrole nitrogens is 1. The summed E-state index contributed by atoms with van der Waals surface area (Å²) in [7, 11) is 0. The standard InChI is InChI=1S/C27H21ClN4O4/c1-2-15-7-12-22(33)19(13-15)20-14-21(32-31-20)26(34)30-24-18-5-3-4-6-23(18)36-25(24)27(35)29-17-10-8-16(28)9-11-17/h3-14,33H,2H2,1H3,(H,29,35)(H,30,34)(H,31,32). The van der Waals surface area contributed by atoms with E-state index in [-0.39, 0.29) is 22.9 Å². The lowest BCUT2D eigenvalue weighted by molar-refractivity contribution is 0.0999. The molecule has 9 heteroatoms. The van der Waals surface area contributed by atoms with Gasteiger partial charge in [0.2, 0.25) is 5.76 Å². The van der Waals surface area contributed by atoms with Gasteiger partial charge in [0.1, 0.15) is 22.7 Å². The fourth-order valence-corrected chi connectivity index (χ4v) is 3.94. The Morgan fingerprint density at radius 1 is 1.00 bits per heavy atom. The number of hydrogen-bond donors (Lipinski definition) is 4. The first-order valence-electron chi connectivity index (χ1n) is 11.2. The fraction of sp³-hybridized carbons (Fsp3) is 0.0741. The molecular weight excluding hydrogens is 480 g/mol. The fourth-order valence-electron chi connectivity index (χ4n) is 3.82. The number of aromatic hydroxyl groups is 1. The monoisotopic (exact) mass is 500 g/mol. The highest BCUT2D eigenvalue weighted by atomic mass is 35.5. The molecule has 2 aromatic heterocycles. The number of hydrogen-bond acceptors (Lipinski definition) is 5.